The predicted octanol–water partition coefficient (Wildman–Crippen LogP) is 2.26. The Bertz CT molecular complexity index is 154. The maximum Gasteiger partial charge on any atom is 0.0177 e. The minimum absolute atomic E-state index is 0.327. The van der Waals surface area contributed by atoms with E-state index in [0.29, 0.717) is 5.92 Å². The number of hydrogen-bond acceptors (Lipinski definition) is 0. The average Bonchev–Trinajstić information content (AvgIpc) is 1.88. The van der Waals surface area contributed by atoms with E-state index in [1.807, 2.05) is 13.8 Å². The summed E-state index contributed by atoms with van der Waals surface area (Å²) in [6.45, 7) is 4.08. The zero-order chi connectivity index (χ0) is 7.98. The van der Waals surface area contributed by atoms with Crippen molar-refractivity contribution < 1.29 is 0 Å². The van der Waals surface area contributed by atoms with Crippen LogP contribution in [0.4, 0.5) is 0 Å². The molecule has 0 bridgehead atoms. The summed E-state index contributed by atoms with van der Waals surface area (Å²) in [5.74, 6) is 6.88. The van der Waals surface area contributed by atoms with Gasteiger partial charge in [-0.3, -0.25) is 0 Å². The zero-order valence-corrected chi connectivity index (χ0v) is 6.65. The summed E-state index contributed by atoms with van der Waals surface area (Å²) < 4.78 is 0. The molecule has 0 aromatic heterocycles. The van der Waals surface area contributed by atoms with E-state index in [1.54, 1.807) is 0 Å². The van der Waals surface area contributed by atoms with Crippen LogP contribution < -0.4 is 0 Å². The maximum atomic E-state index is 5.20. The molecule has 0 fully saturated rings. The fourth-order valence-corrected chi connectivity index (χ4v) is 0.828. The van der Waals surface area contributed by atoms with Gasteiger partial charge in [0.25, 0.3) is 0 Å². The second-order valence-electron chi connectivity index (χ2n) is 2.61. The topological polar surface area (TPSA) is 0 Å². The summed E-state index contributed by atoms with van der Waals surface area (Å²) in [6, 6.07) is 0. The molecule has 0 rings (SSSR count). The second kappa shape index (κ2) is 4.95. The zero-order valence-electron chi connectivity index (χ0n) is 6.65. The Morgan fingerprint density at radius 2 is 2.10 bits per heavy atom. The molecule has 1 atom stereocenters. The largest absolute Gasteiger partial charge is 0.120 e. The summed E-state index contributed by atoms with van der Waals surface area (Å²) in [6.07, 6.45) is 12.0. The van der Waals surface area contributed by atoms with Crippen LogP contribution in [-0.4, -0.2) is 0 Å². The highest BCUT2D eigenvalue weighted by Crippen LogP contribution is 2.15. The van der Waals surface area contributed by atoms with Crippen LogP contribution in [0.15, 0.2) is 0 Å². The lowest BCUT2D eigenvalue weighted by atomic mass is 9.96. The average molecular weight is 133 g/mol. The highest BCUT2D eigenvalue weighted by atomic mass is 14.1. The van der Waals surface area contributed by atoms with Gasteiger partial charge in [0.15, 0.2) is 0 Å². The molecule has 0 amide bonds. The molecular weight excluding hydrogens is 120 g/mol. The van der Waals surface area contributed by atoms with E-state index in [9.17, 15) is 0 Å². The molecule has 53 valence electrons. The summed E-state index contributed by atoms with van der Waals surface area (Å²) in [5, 5.41) is 0. The Morgan fingerprint density at radius 3 is 2.50 bits per heavy atom. The molecule has 0 aliphatic rings. The normalized spacial score (nSPS) is 12.1. The van der Waals surface area contributed by atoms with E-state index in [2.05, 4.69) is 11.8 Å². The van der Waals surface area contributed by atoms with Gasteiger partial charge in [-0.15, -0.1) is 24.7 Å². The van der Waals surface area contributed by atoms with Gasteiger partial charge in [0.2, 0.25) is 0 Å². The Kier molecular flexibility index (Phi) is 4.51. The molecule has 0 spiro atoms. The molecule has 0 saturated carbocycles. The second-order valence-corrected chi connectivity index (χ2v) is 2.61. The van der Waals surface area contributed by atoms with Crippen molar-refractivity contribution >= 4 is 0 Å². The molecule has 0 aliphatic carbocycles. The molecule has 10 heavy (non-hydrogen) atoms. The van der Waals surface area contributed by atoms with Crippen LogP contribution in [0.25, 0.3) is 0 Å². The van der Waals surface area contributed by atoms with Crippen molar-refractivity contribution in [1.82, 2.24) is 0 Å². The highest BCUT2D eigenvalue weighted by molar-refractivity contribution is 5.03. The summed E-state index contributed by atoms with van der Waals surface area (Å²) >= 11 is 0. The molecule has 0 aromatic rings. The van der Waals surface area contributed by atoms with Gasteiger partial charge in [-0.25, -0.2) is 0 Å². The molecule has 0 heteroatoms. The maximum absolute atomic E-state index is 5.20. The molecule has 0 heterocycles. The van der Waals surface area contributed by atoms with E-state index in [1.165, 1.54) is 5.92 Å². The van der Waals surface area contributed by atoms with Crippen LogP contribution in [0.2, 0.25) is 0 Å². The number of terminal acetylenes is 2. The van der Waals surface area contributed by atoms with Crippen LogP contribution in [0.3, 0.4) is 0 Å². The van der Waals surface area contributed by atoms with Gasteiger partial charge in [-0.2, -0.15) is 0 Å². The lowest BCUT2D eigenvalue weighted by Crippen LogP contribution is -1.97. The van der Waals surface area contributed by atoms with Crippen molar-refractivity contribution in [3.05, 3.63) is 5.92 Å². The molecule has 1 unspecified atom stereocenters. The van der Waals surface area contributed by atoms with Crippen LogP contribution in [0, 0.1) is 36.5 Å². The Morgan fingerprint density at radius 1 is 1.50 bits per heavy atom. The third-order valence-corrected chi connectivity index (χ3v) is 1.34. The minimum atomic E-state index is 0.327. The molecule has 0 N–H and O–H groups in total. The van der Waals surface area contributed by atoms with Gasteiger partial charge in [-0.1, -0.05) is 13.8 Å². The van der Waals surface area contributed by atoms with E-state index in [0.717, 1.165) is 12.8 Å². The van der Waals surface area contributed by atoms with Gasteiger partial charge in [0, 0.05) is 12.3 Å². The first-order valence-corrected chi connectivity index (χ1v) is 3.41. The van der Waals surface area contributed by atoms with Gasteiger partial charge in [-0.05, 0) is 12.3 Å². The van der Waals surface area contributed by atoms with E-state index >= 15 is 0 Å². The smallest absolute Gasteiger partial charge is 0.0177 e. The standard InChI is InChI=1S/C10H13/c1-5-7-10(4)8-9(3)6-2/h1-2,9H,7-8H2,3-4H3. The molecule has 0 saturated heterocycles. The quantitative estimate of drug-likeness (QED) is 0.518. The lowest BCUT2D eigenvalue weighted by molar-refractivity contribution is 0.667. The van der Waals surface area contributed by atoms with Gasteiger partial charge in [0.1, 0.15) is 0 Å². The molecule has 1 radical (unpaired) electrons. The molecule has 0 nitrogen and oxygen atoms in total. The SMILES string of the molecule is C#CC[C](C)CC(C)C#C. The third-order valence-electron chi connectivity index (χ3n) is 1.34. The summed E-state index contributed by atoms with van der Waals surface area (Å²) in [7, 11) is 0. The van der Waals surface area contributed by atoms with Gasteiger partial charge < -0.3 is 0 Å². The van der Waals surface area contributed by atoms with Crippen molar-refractivity contribution in [2.24, 2.45) is 5.92 Å². The van der Waals surface area contributed by atoms with Crippen molar-refractivity contribution in [2.45, 2.75) is 26.7 Å². The van der Waals surface area contributed by atoms with Crippen LogP contribution in [0.5, 0.6) is 0 Å². The Balaban J connectivity index is 3.51. The first-order valence-electron chi connectivity index (χ1n) is 3.41. The third kappa shape index (κ3) is 4.04. The number of rotatable bonds is 3. The van der Waals surface area contributed by atoms with Gasteiger partial charge in [0.05, 0.1) is 0 Å². The van der Waals surface area contributed by atoms with E-state index in [-0.39, 0.29) is 0 Å². The van der Waals surface area contributed by atoms with E-state index in [4.69, 9.17) is 12.8 Å². The summed E-state index contributed by atoms with van der Waals surface area (Å²) in [5.41, 5.74) is 0. The van der Waals surface area contributed by atoms with Crippen molar-refractivity contribution in [3.63, 3.8) is 0 Å². The molecular formula is C10H13. The summed E-state index contributed by atoms with van der Waals surface area (Å²) in [4.78, 5) is 0. The van der Waals surface area contributed by atoms with Crippen LogP contribution in [0.1, 0.15) is 26.7 Å². The molecule has 0 aliphatic heterocycles. The molecule has 0 aromatic carbocycles. The first-order chi connectivity index (χ1) is 4.70. The van der Waals surface area contributed by atoms with Crippen molar-refractivity contribution in [2.75, 3.05) is 0 Å². The van der Waals surface area contributed by atoms with Crippen LogP contribution in [-0.2, 0) is 0 Å². The Hall–Kier alpha value is -0.880. The fourth-order valence-electron chi connectivity index (χ4n) is 0.828. The minimum Gasteiger partial charge on any atom is -0.120 e. The highest BCUT2D eigenvalue weighted by Gasteiger charge is 2.04. The number of hydrogen-bond donors (Lipinski definition) is 0. The first kappa shape index (κ1) is 9.12. The van der Waals surface area contributed by atoms with Crippen molar-refractivity contribution in [1.29, 1.82) is 0 Å². The van der Waals surface area contributed by atoms with Crippen molar-refractivity contribution in [3.8, 4) is 24.7 Å². The fraction of sp³-hybridized carbons (Fsp3) is 0.500. The van der Waals surface area contributed by atoms with Gasteiger partial charge >= 0.3 is 0 Å². The van der Waals surface area contributed by atoms with Crippen LogP contribution >= 0.6 is 0 Å². The monoisotopic (exact) mass is 133 g/mol. The Labute approximate surface area is 64.0 Å². The predicted molar refractivity (Wildman–Crippen MR) is 45.0 cm³/mol. The van der Waals surface area contributed by atoms with E-state index < -0.39 is 0 Å². The lowest BCUT2D eigenvalue weighted by Gasteiger charge is -2.08.